The van der Waals surface area contributed by atoms with Crippen LogP contribution in [-0.2, 0) is 0 Å². The minimum atomic E-state index is 0.0392. The Morgan fingerprint density at radius 2 is 0.667 bits per heavy atom. The average Bonchev–Trinajstić information content (AvgIpc) is 3.15. The van der Waals surface area contributed by atoms with Crippen LogP contribution in [0, 0.1) is 13.8 Å². The van der Waals surface area contributed by atoms with Crippen LogP contribution >= 0.6 is 27.2 Å². The Kier molecular flexibility index (Phi) is 9.32. The largest absolute Gasteiger partial charge is 0.145 e. The molecule has 0 aromatic carbocycles. The van der Waals surface area contributed by atoms with Crippen LogP contribution in [0.2, 0.25) is 0 Å². The molecule has 4 fully saturated rings. The molecule has 0 nitrogen and oxygen atoms in total. The first-order valence-corrected chi connectivity index (χ1v) is 18.7. The molecule has 33 heavy (non-hydrogen) atoms. The molecule has 1 aromatic rings. The Morgan fingerprint density at radius 3 is 0.909 bits per heavy atom. The topological polar surface area (TPSA) is 0 Å². The summed E-state index contributed by atoms with van der Waals surface area (Å²) in [6, 6.07) is 0. The van der Waals surface area contributed by atoms with Crippen molar-refractivity contribution in [3.8, 4) is 0 Å². The summed E-state index contributed by atoms with van der Waals surface area (Å²) in [5.74, 6) is 0. The summed E-state index contributed by atoms with van der Waals surface area (Å²) in [6.45, 7) is 5.12. The zero-order valence-corrected chi connectivity index (χ0v) is 24.4. The van der Waals surface area contributed by atoms with Crippen molar-refractivity contribution in [2.45, 2.75) is 165 Å². The van der Waals surface area contributed by atoms with E-state index in [4.69, 9.17) is 0 Å². The zero-order chi connectivity index (χ0) is 22.6. The van der Waals surface area contributed by atoms with E-state index in [-0.39, 0.29) is 15.8 Å². The van der Waals surface area contributed by atoms with E-state index in [1.165, 1.54) is 77.0 Å². The summed E-state index contributed by atoms with van der Waals surface area (Å²) in [5.41, 5.74) is 4.21. The van der Waals surface area contributed by atoms with Gasteiger partial charge >= 0.3 is 0 Å². The minimum absolute atomic E-state index is 0.0392. The first-order valence-electron chi connectivity index (χ1n) is 14.9. The van der Waals surface area contributed by atoms with Gasteiger partial charge in [0.25, 0.3) is 0 Å². The van der Waals surface area contributed by atoms with E-state index >= 15 is 0 Å². The van der Waals surface area contributed by atoms with E-state index < -0.39 is 0 Å². The highest BCUT2D eigenvalue weighted by Crippen LogP contribution is 2.61. The van der Waals surface area contributed by atoms with Gasteiger partial charge < -0.3 is 0 Å². The number of rotatable bonds is 6. The molecule has 0 bridgehead atoms. The lowest BCUT2D eigenvalue weighted by molar-refractivity contribution is 0.486. The molecule has 5 rings (SSSR count). The van der Waals surface area contributed by atoms with E-state index in [0.717, 1.165) is 22.6 Å². The van der Waals surface area contributed by atoms with Crippen LogP contribution in [0.15, 0.2) is 0 Å². The maximum absolute atomic E-state index is 2.56. The van der Waals surface area contributed by atoms with Gasteiger partial charge in [0.1, 0.15) is 0 Å². The molecule has 0 atom stereocenters. The van der Waals surface area contributed by atoms with Crippen molar-refractivity contribution < 1.29 is 0 Å². The SMILES string of the molecule is Cc1sc(C)c(P(C2CCCCC2)C2CCCCC2)c1P(C1CCCCC1)C1CCCCC1. The lowest BCUT2D eigenvalue weighted by Crippen LogP contribution is -2.37. The summed E-state index contributed by atoms with van der Waals surface area (Å²) in [7, 11) is 0.0784. The predicted molar refractivity (Wildman–Crippen MR) is 154 cm³/mol. The van der Waals surface area contributed by atoms with Crippen molar-refractivity contribution in [2.24, 2.45) is 0 Å². The van der Waals surface area contributed by atoms with Gasteiger partial charge in [0, 0.05) is 9.75 Å². The molecule has 4 aliphatic rings. The first-order chi connectivity index (χ1) is 16.2. The third kappa shape index (κ3) is 5.78. The summed E-state index contributed by atoms with van der Waals surface area (Å²) < 4.78 is 0. The highest BCUT2D eigenvalue weighted by atomic mass is 32.1. The molecule has 0 radical (unpaired) electrons. The maximum atomic E-state index is 2.56. The molecule has 4 aliphatic carbocycles. The van der Waals surface area contributed by atoms with Gasteiger partial charge in [-0.2, -0.15) is 0 Å². The van der Waals surface area contributed by atoms with Gasteiger partial charge in [0.2, 0.25) is 0 Å². The van der Waals surface area contributed by atoms with E-state index in [9.17, 15) is 0 Å². The molecule has 0 spiro atoms. The fourth-order valence-corrected chi connectivity index (χ4v) is 18.5. The van der Waals surface area contributed by atoms with Crippen molar-refractivity contribution >= 4 is 37.8 Å². The second-order valence-corrected chi connectivity index (χ2v) is 18.8. The summed E-state index contributed by atoms with van der Waals surface area (Å²) in [4.78, 5) is 3.56. The molecular formula is C30H50P2S. The molecular weight excluding hydrogens is 454 g/mol. The van der Waals surface area contributed by atoms with Crippen LogP contribution in [0.3, 0.4) is 0 Å². The van der Waals surface area contributed by atoms with Crippen molar-refractivity contribution in [3.63, 3.8) is 0 Å². The van der Waals surface area contributed by atoms with Crippen molar-refractivity contribution in [2.75, 3.05) is 0 Å². The molecule has 0 aliphatic heterocycles. The molecule has 0 saturated heterocycles. The zero-order valence-electron chi connectivity index (χ0n) is 21.8. The molecule has 4 saturated carbocycles. The standard InChI is InChI=1S/C30H50P2S/c1-23-29(31(25-15-7-3-8-16-25)26-17-9-4-10-18-26)30(24(2)33-23)32(27-19-11-5-12-20-27)28-21-13-6-14-22-28/h25-28H,3-22H2,1-2H3. The normalized spacial score (nSPS) is 25.3. The molecule has 1 aromatic heterocycles. The van der Waals surface area contributed by atoms with Crippen molar-refractivity contribution in [3.05, 3.63) is 9.75 Å². The van der Waals surface area contributed by atoms with Gasteiger partial charge in [-0.3, -0.25) is 0 Å². The quantitative estimate of drug-likeness (QED) is 0.338. The Hall–Kier alpha value is 0.560. The van der Waals surface area contributed by atoms with Crippen LogP contribution in [-0.4, -0.2) is 22.6 Å². The highest BCUT2D eigenvalue weighted by molar-refractivity contribution is 7.74. The number of hydrogen-bond donors (Lipinski definition) is 0. The molecule has 0 unspecified atom stereocenters. The Balaban J connectivity index is 1.57. The third-order valence-corrected chi connectivity index (χ3v) is 18.4. The van der Waals surface area contributed by atoms with Gasteiger partial charge in [-0.05, 0) is 98.5 Å². The number of hydrogen-bond acceptors (Lipinski definition) is 1. The van der Waals surface area contributed by atoms with Gasteiger partial charge in [-0.1, -0.05) is 92.9 Å². The van der Waals surface area contributed by atoms with E-state index in [1.807, 2.05) is 10.6 Å². The van der Waals surface area contributed by atoms with Gasteiger partial charge in [0.15, 0.2) is 0 Å². The summed E-state index contributed by atoms with van der Waals surface area (Å²) in [6.07, 6.45) is 30.7. The van der Waals surface area contributed by atoms with Gasteiger partial charge in [-0.25, -0.2) is 0 Å². The number of thiophene rings is 1. The minimum Gasteiger partial charge on any atom is -0.145 e. The summed E-state index contributed by atoms with van der Waals surface area (Å²) in [5, 5.41) is 4.10. The fraction of sp³-hybridized carbons (Fsp3) is 0.867. The molecule has 186 valence electrons. The summed E-state index contributed by atoms with van der Waals surface area (Å²) >= 11 is 2.24. The lowest BCUT2D eigenvalue weighted by Gasteiger charge is -2.43. The lowest BCUT2D eigenvalue weighted by atomic mass is 9.99. The highest BCUT2D eigenvalue weighted by Gasteiger charge is 2.41. The van der Waals surface area contributed by atoms with Crippen molar-refractivity contribution in [1.29, 1.82) is 0 Å². The molecule has 0 N–H and O–H groups in total. The van der Waals surface area contributed by atoms with Gasteiger partial charge in [0.05, 0.1) is 0 Å². The van der Waals surface area contributed by atoms with Crippen LogP contribution < -0.4 is 10.6 Å². The monoisotopic (exact) mass is 504 g/mol. The first kappa shape index (κ1) is 25.2. The van der Waals surface area contributed by atoms with Crippen molar-refractivity contribution in [1.82, 2.24) is 0 Å². The second-order valence-electron chi connectivity index (χ2n) is 11.9. The Morgan fingerprint density at radius 1 is 0.424 bits per heavy atom. The fourth-order valence-electron chi connectivity index (χ4n) is 8.03. The van der Waals surface area contributed by atoms with Crippen LogP contribution in [0.25, 0.3) is 0 Å². The van der Waals surface area contributed by atoms with Crippen LogP contribution in [0.5, 0.6) is 0 Å². The van der Waals surface area contributed by atoms with E-state index in [2.05, 4.69) is 25.2 Å². The second kappa shape index (κ2) is 12.2. The Labute approximate surface area is 212 Å². The Bertz CT molecular complexity index is 634. The predicted octanol–water partition coefficient (Wildman–Crippen LogP) is 9.91. The molecule has 3 heteroatoms. The average molecular weight is 505 g/mol. The third-order valence-electron chi connectivity index (χ3n) is 9.59. The van der Waals surface area contributed by atoms with E-state index in [0.29, 0.717) is 0 Å². The smallest absolute Gasteiger partial charge is 0.0101 e. The van der Waals surface area contributed by atoms with E-state index in [1.54, 1.807) is 61.1 Å². The van der Waals surface area contributed by atoms with Gasteiger partial charge in [-0.15, -0.1) is 11.3 Å². The maximum Gasteiger partial charge on any atom is 0.0101 e. The van der Waals surface area contributed by atoms with Crippen LogP contribution in [0.4, 0.5) is 0 Å². The molecule has 1 heterocycles. The molecule has 0 amide bonds. The van der Waals surface area contributed by atoms with Crippen LogP contribution in [0.1, 0.15) is 138 Å². The number of aryl methyl sites for hydroxylation is 2.